The summed E-state index contributed by atoms with van der Waals surface area (Å²) in [6, 6.07) is 30.8. The summed E-state index contributed by atoms with van der Waals surface area (Å²) in [6.45, 7) is 13.1. The largest absolute Gasteiger partial charge is 0.407 e. The van der Waals surface area contributed by atoms with Crippen molar-refractivity contribution in [1.29, 1.82) is 0 Å². The molecular formula is C34H38NO2P. The van der Waals surface area contributed by atoms with Crippen LogP contribution in [0.25, 0.3) is 21.9 Å². The van der Waals surface area contributed by atoms with Gasteiger partial charge in [-0.3, -0.25) is 0 Å². The van der Waals surface area contributed by atoms with Crippen molar-refractivity contribution in [2.45, 2.75) is 66.5 Å². The normalized spacial score (nSPS) is 13.2. The number of hydrogen-bond acceptors (Lipinski definition) is 3. The lowest BCUT2D eigenvalue weighted by molar-refractivity contribution is 0.503. The summed E-state index contributed by atoms with van der Waals surface area (Å²) >= 11 is 0. The molecule has 0 aliphatic carbocycles. The number of benzene rings is 4. The smallest absolute Gasteiger partial charge is 0.310 e. The predicted molar refractivity (Wildman–Crippen MR) is 162 cm³/mol. The molecule has 38 heavy (non-hydrogen) atoms. The summed E-state index contributed by atoms with van der Waals surface area (Å²) in [6.07, 6.45) is 1.89. The van der Waals surface area contributed by atoms with Crippen molar-refractivity contribution in [3.8, 4) is 0 Å². The molecule has 0 bridgehead atoms. The first-order valence-electron chi connectivity index (χ1n) is 13.7. The van der Waals surface area contributed by atoms with E-state index in [1.54, 1.807) is 0 Å². The van der Waals surface area contributed by atoms with Gasteiger partial charge >= 0.3 is 8.16 Å². The molecule has 4 aromatic carbocycles. The topological polar surface area (TPSA) is 29.5 Å². The van der Waals surface area contributed by atoms with Crippen LogP contribution in [0.4, 0.5) is 0 Å². The molecule has 5 rings (SSSR count). The van der Waals surface area contributed by atoms with E-state index in [1.807, 2.05) is 0 Å². The molecule has 0 fully saturated rings. The third kappa shape index (κ3) is 5.06. The first-order valence-corrected chi connectivity index (χ1v) is 14.8. The lowest BCUT2D eigenvalue weighted by atomic mass is 9.99. The highest BCUT2D eigenvalue weighted by atomic mass is 31.1. The van der Waals surface area contributed by atoms with Gasteiger partial charge < -0.3 is 8.39 Å². The van der Waals surface area contributed by atoms with E-state index in [-0.39, 0.29) is 12.1 Å². The van der Waals surface area contributed by atoms with Crippen LogP contribution in [0.3, 0.4) is 0 Å². The van der Waals surface area contributed by atoms with E-state index in [4.69, 9.17) is 8.39 Å². The van der Waals surface area contributed by atoms with Crippen molar-refractivity contribution in [2.75, 3.05) is 4.67 Å². The van der Waals surface area contributed by atoms with Crippen molar-refractivity contribution in [3.05, 3.63) is 118 Å². The number of aryl methyl sites for hydroxylation is 4. The summed E-state index contributed by atoms with van der Waals surface area (Å²) in [7, 11) is -1.49. The van der Waals surface area contributed by atoms with Crippen molar-refractivity contribution >= 4 is 30.1 Å². The molecule has 0 saturated carbocycles. The average molecular weight is 524 g/mol. The Labute approximate surface area is 227 Å². The van der Waals surface area contributed by atoms with Gasteiger partial charge in [0, 0.05) is 22.9 Å². The van der Waals surface area contributed by atoms with E-state index in [2.05, 4.69) is 131 Å². The highest BCUT2D eigenvalue weighted by molar-refractivity contribution is 7.39. The Hall–Kier alpha value is -3.26. The number of hydrogen-bond donors (Lipinski definition) is 0. The lowest BCUT2D eigenvalue weighted by Gasteiger charge is -2.35. The molecule has 1 aromatic heterocycles. The van der Waals surface area contributed by atoms with Gasteiger partial charge in [0.1, 0.15) is 11.2 Å². The van der Waals surface area contributed by atoms with Gasteiger partial charge in [-0.25, -0.2) is 0 Å². The van der Waals surface area contributed by atoms with E-state index >= 15 is 0 Å². The molecule has 0 radical (unpaired) electrons. The standard InChI is InChI=1S/C34H38NO2P/c1-7-31(27-15-11-9-12-16-27)35(32(8-2)28-17-13-10-14-18-28)38-36-33-25(5)19-23(3)21-29(33)30-22-24(4)20-26(6)34(30)37-38/h9-22,31-32H,7-8H2,1-6H3/t31-,32-/m1/s1. The van der Waals surface area contributed by atoms with Crippen LogP contribution in [-0.2, 0) is 0 Å². The van der Waals surface area contributed by atoms with Gasteiger partial charge in [-0.2, -0.15) is 4.67 Å². The molecule has 0 aliphatic rings. The van der Waals surface area contributed by atoms with Crippen LogP contribution >= 0.6 is 8.16 Å². The Morgan fingerprint density at radius 3 is 1.37 bits per heavy atom. The molecule has 0 unspecified atom stereocenters. The zero-order valence-corrected chi connectivity index (χ0v) is 24.3. The van der Waals surface area contributed by atoms with E-state index in [1.165, 1.54) is 22.3 Å². The maximum atomic E-state index is 7.06. The highest BCUT2D eigenvalue weighted by Crippen LogP contribution is 2.48. The molecule has 0 N–H and O–H groups in total. The second-order valence-electron chi connectivity index (χ2n) is 10.4. The number of fused-ring (bicyclic) bond motifs is 3. The van der Waals surface area contributed by atoms with Gasteiger partial charge in [0.2, 0.25) is 0 Å². The maximum absolute atomic E-state index is 7.06. The van der Waals surface area contributed by atoms with Crippen molar-refractivity contribution in [2.24, 2.45) is 0 Å². The minimum absolute atomic E-state index is 0.133. The van der Waals surface area contributed by atoms with E-state index < -0.39 is 8.16 Å². The fourth-order valence-corrected chi connectivity index (χ4v) is 7.84. The monoisotopic (exact) mass is 523 g/mol. The molecule has 4 heteroatoms. The molecule has 196 valence electrons. The van der Waals surface area contributed by atoms with E-state index in [0.717, 1.165) is 45.9 Å². The zero-order valence-electron chi connectivity index (χ0n) is 23.4. The predicted octanol–water partition coefficient (Wildman–Crippen LogP) is 10.8. The summed E-state index contributed by atoms with van der Waals surface area (Å²) in [5.74, 6) is 0. The van der Waals surface area contributed by atoms with Gasteiger partial charge in [-0.1, -0.05) is 86.6 Å². The Morgan fingerprint density at radius 2 is 1.00 bits per heavy atom. The second kappa shape index (κ2) is 11.2. The molecule has 5 aromatic rings. The molecule has 1 heterocycles. The molecule has 2 atom stereocenters. The molecular weight excluding hydrogens is 485 g/mol. The lowest BCUT2D eigenvalue weighted by Crippen LogP contribution is -2.30. The van der Waals surface area contributed by atoms with Crippen LogP contribution < -0.4 is 4.67 Å². The Kier molecular flexibility index (Phi) is 7.79. The van der Waals surface area contributed by atoms with Crippen LogP contribution in [0.1, 0.15) is 72.2 Å². The Bertz CT molecular complexity index is 1470. The highest BCUT2D eigenvalue weighted by Gasteiger charge is 2.32. The third-order valence-corrected chi connectivity index (χ3v) is 9.05. The van der Waals surface area contributed by atoms with Crippen LogP contribution in [0.5, 0.6) is 0 Å². The van der Waals surface area contributed by atoms with Crippen molar-refractivity contribution < 1.29 is 8.39 Å². The SMILES string of the molecule is CC[C@H](c1ccccc1)N([C@H](CC)c1ccccc1)p1oc2c(C)cc(C)cc2c2cc(C)cc(C)c2o1. The van der Waals surface area contributed by atoms with Gasteiger partial charge in [-0.05, 0) is 86.1 Å². The van der Waals surface area contributed by atoms with Crippen LogP contribution in [0, 0.1) is 27.7 Å². The molecule has 0 amide bonds. The first kappa shape index (κ1) is 26.4. The van der Waals surface area contributed by atoms with Crippen LogP contribution in [0.15, 0.2) is 93.3 Å². The maximum Gasteiger partial charge on any atom is 0.310 e. The quantitative estimate of drug-likeness (QED) is 0.212. The fourth-order valence-electron chi connectivity index (χ4n) is 5.77. The molecule has 0 saturated heterocycles. The van der Waals surface area contributed by atoms with Crippen molar-refractivity contribution in [1.82, 2.24) is 0 Å². The molecule has 0 aliphatic heterocycles. The Morgan fingerprint density at radius 1 is 0.605 bits per heavy atom. The average Bonchev–Trinajstić information content (AvgIpc) is 3.07. The van der Waals surface area contributed by atoms with E-state index in [9.17, 15) is 0 Å². The van der Waals surface area contributed by atoms with Crippen LogP contribution in [-0.4, -0.2) is 0 Å². The molecule has 3 nitrogen and oxygen atoms in total. The molecule has 0 spiro atoms. The third-order valence-electron chi connectivity index (χ3n) is 7.44. The van der Waals surface area contributed by atoms with Gasteiger partial charge in [0.25, 0.3) is 0 Å². The summed E-state index contributed by atoms with van der Waals surface area (Å²) < 4.78 is 16.6. The second-order valence-corrected chi connectivity index (χ2v) is 11.7. The van der Waals surface area contributed by atoms with Gasteiger partial charge in [0.15, 0.2) is 0 Å². The van der Waals surface area contributed by atoms with Crippen LogP contribution in [0.2, 0.25) is 0 Å². The minimum atomic E-state index is -1.49. The summed E-state index contributed by atoms with van der Waals surface area (Å²) in [4.78, 5) is 0. The minimum Gasteiger partial charge on any atom is -0.407 e. The zero-order chi connectivity index (χ0) is 26.8. The van der Waals surface area contributed by atoms with Gasteiger partial charge in [-0.15, -0.1) is 0 Å². The van der Waals surface area contributed by atoms with E-state index in [0.29, 0.717) is 0 Å². The number of rotatable bonds is 7. The van der Waals surface area contributed by atoms with Gasteiger partial charge in [0.05, 0.1) is 0 Å². The van der Waals surface area contributed by atoms with Crippen molar-refractivity contribution in [3.63, 3.8) is 0 Å². The Balaban J connectivity index is 1.90. The first-order chi connectivity index (χ1) is 18.4. The summed E-state index contributed by atoms with van der Waals surface area (Å²) in [5, 5.41) is 2.24. The summed E-state index contributed by atoms with van der Waals surface area (Å²) in [5.41, 5.74) is 9.17. The number of nitrogens with zero attached hydrogens (tertiary/aromatic N) is 1. The fraction of sp³-hybridized carbons (Fsp3) is 0.294.